The first-order chi connectivity index (χ1) is 9.86. The van der Waals surface area contributed by atoms with Crippen molar-refractivity contribution < 1.29 is 0 Å². The minimum absolute atomic E-state index is 0.876. The molecule has 1 N–H and O–H groups in total. The zero-order valence-electron chi connectivity index (χ0n) is 11.7. The maximum atomic E-state index is 4.58. The average Bonchev–Trinajstić information content (AvgIpc) is 2.69. The van der Waals surface area contributed by atoms with Gasteiger partial charge in [0, 0.05) is 19.5 Å². The molecule has 0 spiro atoms. The third-order valence-corrected chi connectivity index (χ3v) is 4.27. The van der Waals surface area contributed by atoms with E-state index in [0.717, 1.165) is 41.3 Å². The van der Waals surface area contributed by atoms with Gasteiger partial charge in [0.15, 0.2) is 5.16 Å². The lowest BCUT2D eigenvalue weighted by molar-refractivity contribution is 0.590. The van der Waals surface area contributed by atoms with E-state index in [-0.39, 0.29) is 0 Å². The van der Waals surface area contributed by atoms with E-state index in [1.807, 2.05) is 18.2 Å². The van der Waals surface area contributed by atoms with Gasteiger partial charge in [0.2, 0.25) is 0 Å². The molecule has 0 amide bonds. The molecule has 2 aromatic heterocycles. The molecule has 0 aliphatic carbocycles. The normalized spacial score (nSPS) is 14.7. The van der Waals surface area contributed by atoms with Crippen LogP contribution in [0.4, 0.5) is 5.82 Å². The lowest BCUT2D eigenvalue weighted by Crippen LogP contribution is -2.03. The molecule has 0 atom stereocenters. The van der Waals surface area contributed by atoms with Crippen molar-refractivity contribution in [3.63, 3.8) is 0 Å². The van der Waals surface area contributed by atoms with Gasteiger partial charge in [0.1, 0.15) is 16.7 Å². The Balaban J connectivity index is 1.81. The quantitative estimate of drug-likeness (QED) is 0.937. The Morgan fingerprint density at radius 1 is 1.25 bits per heavy atom. The molecule has 1 aliphatic heterocycles. The Kier molecular flexibility index (Phi) is 4.20. The summed E-state index contributed by atoms with van der Waals surface area (Å²) in [4.78, 5) is 4.58. The molecule has 20 heavy (non-hydrogen) atoms. The summed E-state index contributed by atoms with van der Waals surface area (Å²) in [6.07, 6.45) is 4.75. The van der Waals surface area contributed by atoms with Crippen LogP contribution in [-0.2, 0) is 13.0 Å². The van der Waals surface area contributed by atoms with Gasteiger partial charge in [0.05, 0.1) is 0 Å². The molecule has 0 unspecified atom stereocenters. The van der Waals surface area contributed by atoms with Crippen LogP contribution < -0.4 is 5.32 Å². The van der Waals surface area contributed by atoms with Gasteiger partial charge in [-0.05, 0) is 43.7 Å². The maximum Gasteiger partial charge on any atom is 0.197 e. The molecule has 5 nitrogen and oxygen atoms in total. The summed E-state index contributed by atoms with van der Waals surface area (Å²) in [5, 5.41) is 13.8. The predicted octanol–water partition coefficient (Wildman–Crippen LogP) is 2.98. The lowest BCUT2D eigenvalue weighted by Gasteiger charge is -2.07. The van der Waals surface area contributed by atoms with E-state index in [2.05, 4.69) is 32.0 Å². The minimum Gasteiger partial charge on any atom is -0.370 e. The van der Waals surface area contributed by atoms with Gasteiger partial charge >= 0.3 is 0 Å². The highest BCUT2D eigenvalue weighted by molar-refractivity contribution is 7.99. The van der Waals surface area contributed by atoms with Crippen molar-refractivity contribution in [3.8, 4) is 0 Å². The van der Waals surface area contributed by atoms with Gasteiger partial charge < -0.3 is 9.88 Å². The highest BCUT2D eigenvalue weighted by Gasteiger charge is 2.15. The van der Waals surface area contributed by atoms with Crippen molar-refractivity contribution in [2.24, 2.45) is 0 Å². The van der Waals surface area contributed by atoms with Crippen molar-refractivity contribution in [1.29, 1.82) is 0 Å². The number of nitrogens with zero attached hydrogens (tertiary/aromatic N) is 4. The van der Waals surface area contributed by atoms with E-state index >= 15 is 0 Å². The third kappa shape index (κ3) is 2.95. The minimum atomic E-state index is 0.876. The van der Waals surface area contributed by atoms with E-state index in [4.69, 9.17) is 0 Å². The summed E-state index contributed by atoms with van der Waals surface area (Å²) in [6, 6.07) is 6.02. The zero-order valence-corrected chi connectivity index (χ0v) is 12.5. The van der Waals surface area contributed by atoms with Gasteiger partial charge in [-0.2, -0.15) is 0 Å². The van der Waals surface area contributed by atoms with Crippen LogP contribution in [0.3, 0.4) is 0 Å². The molecular formula is C14H19N5S. The molecule has 106 valence electrons. The molecule has 3 heterocycles. The lowest BCUT2D eigenvalue weighted by atomic mass is 10.2. The number of hydrogen-bond donors (Lipinski definition) is 1. The monoisotopic (exact) mass is 289 g/mol. The third-order valence-electron chi connectivity index (χ3n) is 3.35. The average molecular weight is 289 g/mol. The molecule has 3 rings (SSSR count). The second kappa shape index (κ2) is 6.26. The topological polar surface area (TPSA) is 55.6 Å². The van der Waals surface area contributed by atoms with Crippen molar-refractivity contribution >= 4 is 17.6 Å². The summed E-state index contributed by atoms with van der Waals surface area (Å²) < 4.78 is 2.25. The summed E-state index contributed by atoms with van der Waals surface area (Å²) in [7, 11) is 0. The zero-order chi connectivity index (χ0) is 13.8. The maximum absolute atomic E-state index is 4.58. The Labute approximate surface area is 123 Å². The highest BCUT2D eigenvalue weighted by atomic mass is 32.2. The van der Waals surface area contributed by atoms with Gasteiger partial charge in [-0.3, -0.25) is 0 Å². The summed E-state index contributed by atoms with van der Waals surface area (Å²) in [5.41, 5.74) is 0. The molecule has 0 fully saturated rings. The standard InChI is InChI=1S/C14H19N5S/c1-2-15-11-7-6-9-13(16-11)20-14-18-17-12-8-4-3-5-10-19(12)14/h6-7,9H,2-5,8,10H2,1H3,(H,15,16). The Morgan fingerprint density at radius 2 is 2.20 bits per heavy atom. The van der Waals surface area contributed by atoms with Crippen LogP contribution in [0.5, 0.6) is 0 Å². The van der Waals surface area contributed by atoms with Crippen LogP contribution in [0.25, 0.3) is 0 Å². The van der Waals surface area contributed by atoms with Gasteiger partial charge in [-0.1, -0.05) is 12.5 Å². The second-order valence-corrected chi connectivity index (χ2v) is 5.84. The van der Waals surface area contributed by atoms with E-state index in [0.29, 0.717) is 0 Å². The van der Waals surface area contributed by atoms with Crippen LogP contribution >= 0.6 is 11.8 Å². The van der Waals surface area contributed by atoms with E-state index in [1.165, 1.54) is 19.3 Å². The number of rotatable bonds is 4. The SMILES string of the molecule is CCNc1cccc(Sc2nnc3n2CCCCC3)n1. The molecule has 0 aromatic carbocycles. The Hall–Kier alpha value is -1.56. The molecule has 2 aromatic rings. The first-order valence-corrected chi connectivity index (χ1v) is 7.99. The van der Waals surface area contributed by atoms with Gasteiger partial charge in [-0.25, -0.2) is 4.98 Å². The van der Waals surface area contributed by atoms with E-state index in [9.17, 15) is 0 Å². The fourth-order valence-corrected chi connectivity index (χ4v) is 3.24. The van der Waals surface area contributed by atoms with Crippen LogP contribution in [0, 0.1) is 0 Å². The smallest absolute Gasteiger partial charge is 0.197 e. The molecule has 0 radical (unpaired) electrons. The van der Waals surface area contributed by atoms with E-state index < -0.39 is 0 Å². The molecule has 0 saturated carbocycles. The van der Waals surface area contributed by atoms with Gasteiger partial charge in [0.25, 0.3) is 0 Å². The fraction of sp³-hybridized carbons (Fsp3) is 0.500. The van der Waals surface area contributed by atoms with Crippen molar-refractivity contribution in [3.05, 3.63) is 24.0 Å². The Bertz CT molecular complexity index is 581. The number of aryl methyl sites for hydroxylation is 1. The van der Waals surface area contributed by atoms with Gasteiger partial charge in [-0.15, -0.1) is 10.2 Å². The van der Waals surface area contributed by atoms with Crippen molar-refractivity contribution in [2.75, 3.05) is 11.9 Å². The van der Waals surface area contributed by atoms with Crippen LogP contribution in [0.15, 0.2) is 28.4 Å². The number of nitrogens with one attached hydrogen (secondary N) is 1. The van der Waals surface area contributed by atoms with Crippen molar-refractivity contribution in [2.45, 2.75) is 49.3 Å². The predicted molar refractivity (Wildman–Crippen MR) is 80.1 cm³/mol. The van der Waals surface area contributed by atoms with Crippen molar-refractivity contribution in [1.82, 2.24) is 19.7 Å². The summed E-state index contributed by atoms with van der Waals surface area (Å²) >= 11 is 1.60. The largest absolute Gasteiger partial charge is 0.370 e. The Morgan fingerprint density at radius 3 is 3.10 bits per heavy atom. The highest BCUT2D eigenvalue weighted by Crippen LogP contribution is 2.27. The number of hydrogen-bond acceptors (Lipinski definition) is 5. The van der Waals surface area contributed by atoms with Crippen LogP contribution in [0.1, 0.15) is 32.0 Å². The van der Waals surface area contributed by atoms with Crippen LogP contribution in [-0.4, -0.2) is 26.3 Å². The molecule has 0 saturated heterocycles. The number of aromatic nitrogens is 4. The number of anilines is 1. The first-order valence-electron chi connectivity index (χ1n) is 7.17. The number of pyridine rings is 1. The first kappa shape index (κ1) is 13.4. The molecule has 0 bridgehead atoms. The van der Waals surface area contributed by atoms with E-state index in [1.54, 1.807) is 11.8 Å². The van der Waals surface area contributed by atoms with Crippen LogP contribution in [0.2, 0.25) is 0 Å². The second-order valence-electron chi connectivity index (χ2n) is 4.85. The molecule has 1 aliphatic rings. The summed E-state index contributed by atoms with van der Waals surface area (Å²) in [5.74, 6) is 2.03. The number of fused-ring (bicyclic) bond motifs is 1. The molecule has 6 heteroatoms. The summed E-state index contributed by atoms with van der Waals surface area (Å²) in [6.45, 7) is 3.97. The molecular weight excluding hydrogens is 270 g/mol. The fourth-order valence-electron chi connectivity index (χ4n) is 2.38.